The molecule has 0 spiro atoms. The van der Waals surface area contributed by atoms with Crippen LogP contribution in [0, 0.1) is 6.85 Å². The number of rotatable bonds is 1. The van der Waals surface area contributed by atoms with Crippen molar-refractivity contribution in [1.82, 2.24) is 0 Å². The van der Waals surface area contributed by atoms with E-state index in [2.05, 4.69) is 4.74 Å². The van der Waals surface area contributed by atoms with Crippen molar-refractivity contribution in [2.45, 2.75) is 24.0 Å². The highest BCUT2D eigenvalue weighted by Crippen LogP contribution is 3.02. The summed E-state index contributed by atoms with van der Waals surface area (Å²) in [6.07, 6.45) is -6.78. The van der Waals surface area contributed by atoms with E-state index in [-0.39, 0.29) is 12.1 Å². The van der Waals surface area contributed by atoms with E-state index in [0.29, 0.717) is 12.2 Å². The largest absolute Gasteiger partial charge is 0.476 e. The molecule has 0 amide bonds. The average Bonchev–Trinajstić information content (AvgIpc) is 2.31. The van der Waals surface area contributed by atoms with Crippen molar-refractivity contribution >= 4 is 16.3 Å². The van der Waals surface area contributed by atoms with Gasteiger partial charge in [-0.15, -0.1) is 0 Å². The summed E-state index contributed by atoms with van der Waals surface area (Å²) in [7, 11) is -10.2. The van der Waals surface area contributed by atoms with Crippen molar-refractivity contribution in [3.8, 4) is 5.75 Å². The first-order valence-electron chi connectivity index (χ1n) is 6.63. The second-order valence-electron chi connectivity index (χ2n) is 4.30. The Morgan fingerprint density at radius 3 is 2.24 bits per heavy atom. The van der Waals surface area contributed by atoms with Gasteiger partial charge < -0.3 is 4.74 Å². The predicted molar refractivity (Wildman–Crippen MR) is 62.1 cm³/mol. The molecule has 2 rings (SSSR count). The Balaban J connectivity index is 2.74. The van der Waals surface area contributed by atoms with Crippen LogP contribution in [0.1, 0.15) is 15.2 Å². The highest BCUT2D eigenvalue weighted by Gasteiger charge is 2.65. The normalized spacial score (nSPS) is 24.8. The smallest absolute Gasteiger partial charge is 0.429 e. The molecule has 0 radical (unpaired) electrons. The third-order valence-corrected chi connectivity index (χ3v) is 3.68. The molecule has 21 heavy (non-hydrogen) atoms. The van der Waals surface area contributed by atoms with E-state index < -0.39 is 51.1 Å². The van der Waals surface area contributed by atoms with Gasteiger partial charge in [-0.3, -0.25) is 0 Å². The van der Waals surface area contributed by atoms with Gasteiger partial charge in [0.25, 0.3) is 0 Å². The van der Waals surface area contributed by atoms with Gasteiger partial charge in [0.15, 0.2) is 0 Å². The zero-order valence-corrected chi connectivity index (χ0v) is 10.5. The molecule has 0 aliphatic carbocycles. The molecule has 1 aromatic rings. The van der Waals surface area contributed by atoms with Crippen LogP contribution in [-0.4, -0.2) is 12.3 Å². The van der Waals surface area contributed by atoms with Crippen molar-refractivity contribution in [1.29, 1.82) is 0 Å². The van der Waals surface area contributed by atoms with Crippen LogP contribution in [0.2, 0.25) is 0 Å². The molecule has 0 unspecified atom stereocenters. The maximum Gasteiger partial charge on any atom is 0.429 e. The van der Waals surface area contributed by atoms with Crippen molar-refractivity contribution in [2.75, 3.05) is 0 Å². The van der Waals surface area contributed by atoms with Gasteiger partial charge in [-0.1, -0.05) is 25.5 Å². The van der Waals surface area contributed by atoms with Gasteiger partial charge in [0.2, 0.25) is 6.10 Å². The molecule has 1 nitrogen and oxygen atoms in total. The molecule has 0 saturated heterocycles. The summed E-state index contributed by atoms with van der Waals surface area (Å²) >= 11 is 0. The Kier molecular flexibility index (Phi) is 2.11. The Morgan fingerprint density at radius 2 is 1.76 bits per heavy atom. The molecule has 0 N–H and O–H groups in total. The summed E-state index contributed by atoms with van der Waals surface area (Å²) in [6.45, 7) is -3.40. The van der Waals surface area contributed by atoms with E-state index >= 15 is 0 Å². The lowest BCUT2D eigenvalue weighted by molar-refractivity contribution is -0.180. The second kappa shape index (κ2) is 3.65. The molecular weight excluding hydrogens is 332 g/mol. The fourth-order valence-corrected chi connectivity index (χ4v) is 2.33. The minimum atomic E-state index is -10.2. The van der Waals surface area contributed by atoms with Crippen LogP contribution in [0.25, 0.3) is 6.08 Å². The van der Waals surface area contributed by atoms with Gasteiger partial charge in [0, 0.05) is 9.68 Å². The molecule has 0 saturated carbocycles. The fourth-order valence-electron chi connectivity index (χ4n) is 1.64. The molecule has 120 valence electrons. The van der Waals surface area contributed by atoms with Crippen LogP contribution in [0.15, 0.2) is 23.1 Å². The lowest BCUT2D eigenvalue weighted by Crippen LogP contribution is -2.34. The van der Waals surface area contributed by atoms with Gasteiger partial charge in [-0.25, -0.2) is 0 Å². The van der Waals surface area contributed by atoms with Crippen molar-refractivity contribution in [2.24, 2.45) is 0 Å². The minimum Gasteiger partial charge on any atom is -0.476 e. The molecule has 1 aromatic carbocycles. The summed E-state index contributed by atoms with van der Waals surface area (Å²) < 4.78 is 128. The van der Waals surface area contributed by atoms with E-state index in [9.17, 15) is 32.6 Å². The molecule has 0 aromatic heterocycles. The van der Waals surface area contributed by atoms with Crippen molar-refractivity contribution in [3.63, 3.8) is 0 Å². The predicted octanol–water partition coefficient (Wildman–Crippen LogP) is 5.99. The van der Waals surface area contributed by atoms with Gasteiger partial charge >= 0.3 is 16.4 Å². The van der Waals surface area contributed by atoms with Crippen molar-refractivity contribution in [3.05, 3.63) is 29.3 Å². The van der Waals surface area contributed by atoms with Crippen LogP contribution < -0.4 is 4.74 Å². The number of alkyl halides is 3. The van der Waals surface area contributed by atoms with Gasteiger partial charge in [0.1, 0.15) is 10.6 Å². The van der Waals surface area contributed by atoms with E-state index in [0.717, 1.165) is 0 Å². The van der Waals surface area contributed by atoms with Gasteiger partial charge in [-0.05, 0) is 30.6 Å². The summed E-state index contributed by atoms with van der Waals surface area (Å²) in [5.74, 6) is -1.04. The molecular formula is C11H8F8OS. The first-order valence-corrected chi connectivity index (χ1v) is 7.08. The quantitative estimate of drug-likeness (QED) is 0.569. The maximum atomic E-state index is 12.9. The monoisotopic (exact) mass is 343 g/mol. The lowest BCUT2D eigenvalue weighted by atomic mass is 10.1. The number of halogens is 8. The topological polar surface area (TPSA) is 9.23 Å². The molecule has 10 heteroatoms. The number of hydrogen-bond donors (Lipinski definition) is 0. The molecule has 1 atom stereocenters. The lowest BCUT2D eigenvalue weighted by Gasteiger charge is -2.41. The number of hydrogen-bond acceptors (Lipinski definition) is 1. The number of aryl methyl sites for hydroxylation is 1. The van der Waals surface area contributed by atoms with Crippen LogP contribution in [0.4, 0.5) is 32.6 Å². The first kappa shape index (κ1) is 12.1. The molecule has 1 aliphatic rings. The molecule has 1 heterocycles. The Hall–Kier alpha value is -1.45. The zero-order valence-electron chi connectivity index (χ0n) is 12.7. The van der Waals surface area contributed by atoms with Crippen LogP contribution in [0.3, 0.4) is 0 Å². The standard InChI is InChI=1S/C11H8F8OS/c1-6-4-8(21(15,16,17,18)19)5-7-2-3-9(11(12,13)14)20-10(6)7/h2-5,9H,1H3/t9-/m0/s1/i1D3. The average molecular weight is 343 g/mol. The summed E-state index contributed by atoms with van der Waals surface area (Å²) in [4.78, 5) is -2.52. The minimum absolute atomic E-state index is 0.130. The Morgan fingerprint density at radius 1 is 1.14 bits per heavy atom. The molecule has 1 aliphatic heterocycles. The van der Waals surface area contributed by atoms with E-state index in [4.69, 9.17) is 4.11 Å². The molecule has 0 bridgehead atoms. The second-order valence-corrected chi connectivity index (χ2v) is 6.71. The highest BCUT2D eigenvalue weighted by atomic mass is 32.5. The van der Waals surface area contributed by atoms with Crippen molar-refractivity contribution < 1.29 is 41.4 Å². The Labute approximate surface area is 118 Å². The summed E-state index contributed by atoms with van der Waals surface area (Å²) in [5.41, 5.74) is -2.20. The Bertz CT molecular complexity index is 720. The number of ether oxygens (including phenoxy) is 1. The third kappa shape index (κ3) is 3.25. The van der Waals surface area contributed by atoms with Gasteiger partial charge in [-0.2, -0.15) is 13.2 Å². The van der Waals surface area contributed by atoms with E-state index in [1.807, 2.05) is 0 Å². The van der Waals surface area contributed by atoms with Crippen LogP contribution in [0.5, 0.6) is 5.75 Å². The van der Waals surface area contributed by atoms with E-state index in [1.165, 1.54) is 0 Å². The third-order valence-electron chi connectivity index (χ3n) is 2.55. The number of fused-ring (bicyclic) bond motifs is 1. The SMILES string of the molecule is [2H]C([2H])([2H])c1cc(S(F)(F)(F)(F)F)cc2c1O[C@H](C(F)(F)F)C=C2. The zero-order chi connectivity index (χ0) is 18.8. The van der Waals surface area contributed by atoms with Crippen LogP contribution >= 0.6 is 10.2 Å². The van der Waals surface area contributed by atoms with Gasteiger partial charge in [0.05, 0.1) is 0 Å². The number of benzene rings is 1. The van der Waals surface area contributed by atoms with Crippen LogP contribution in [-0.2, 0) is 0 Å². The molecule has 0 fully saturated rings. The fraction of sp³-hybridized carbons (Fsp3) is 0.273. The summed E-state index contributed by atoms with van der Waals surface area (Å²) in [5, 5.41) is 0. The highest BCUT2D eigenvalue weighted by molar-refractivity contribution is 8.45. The summed E-state index contributed by atoms with van der Waals surface area (Å²) in [6, 6.07) is -0.519. The van der Waals surface area contributed by atoms with E-state index in [1.54, 1.807) is 0 Å². The first-order chi connectivity index (χ1) is 10.3. The maximum absolute atomic E-state index is 12.9.